The Bertz CT molecular complexity index is 396. The Labute approximate surface area is 111 Å². The molecule has 2 nitrogen and oxygen atoms in total. The van der Waals surface area contributed by atoms with E-state index in [-0.39, 0.29) is 11.8 Å². The van der Waals surface area contributed by atoms with Gasteiger partial charge < -0.3 is 5.73 Å². The third-order valence-corrected chi connectivity index (χ3v) is 2.92. The molecular weight excluding hydrogens is 222 g/mol. The molecule has 1 unspecified atom stereocenters. The third kappa shape index (κ3) is 4.61. The van der Waals surface area contributed by atoms with E-state index in [1.807, 2.05) is 18.2 Å². The number of benzene rings is 1. The molecule has 0 amide bonds. The molecule has 0 bridgehead atoms. The van der Waals surface area contributed by atoms with E-state index in [0.29, 0.717) is 11.8 Å². The Kier molecular flexibility index (Phi) is 5.54. The van der Waals surface area contributed by atoms with Gasteiger partial charge >= 0.3 is 0 Å². The van der Waals surface area contributed by atoms with Crippen molar-refractivity contribution in [3.63, 3.8) is 0 Å². The Hall–Kier alpha value is -1.15. The van der Waals surface area contributed by atoms with Gasteiger partial charge in [0.1, 0.15) is 0 Å². The smallest absolute Gasteiger partial charge is 0.179 e. The van der Waals surface area contributed by atoms with Crippen molar-refractivity contribution >= 4 is 5.78 Å². The van der Waals surface area contributed by atoms with Crippen LogP contribution in [0.4, 0.5) is 0 Å². The van der Waals surface area contributed by atoms with Crippen LogP contribution in [0.2, 0.25) is 0 Å². The summed E-state index contributed by atoms with van der Waals surface area (Å²) in [5, 5.41) is 0. The molecule has 0 aliphatic heterocycles. The van der Waals surface area contributed by atoms with Gasteiger partial charge in [-0.1, -0.05) is 45.9 Å². The van der Waals surface area contributed by atoms with Crippen LogP contribution in [0.15, 0.2) is 24.3 Å². The van der Waals surface area contributed by atoms with Crippen molar-refractivity contribution in [2.45, 2.75) is 46.6 Å². The zero-order valence-corrected chi connectivity index (χ0v) is 11.9. The molecule has 0 aliphatic rings. The number of carbonyl (C=O) groups excluding carboxylic acids is 1. The Balaban J connectivity index is 2.79. The van der Waals surface area contributed by atoms with Gasteiger partial charge in [0.25, 0.3) is 0 Å². The summed E-state index contributed by atoms with van der Waals surface area (Å²) in [5.41, 5.74) is 7.92. The number of hydrogen-bond donors (Lipinski definition) is 1. The minimum Gasteiger partial charge on any atom is -0.321 e. The number of rotatable bonds is 6. The summed E-state index contributed by atoms with van der Waals surface area (Å²) >= 11 is 0. The Morgan fingerprint density at radius 1 is 1.17 bits per heavy atom. The van der Waals surface area contributed by atoms with E-state index in [2.05, 4.69) is 33.8 Å². The predicted molar refractivity (Wildman–Crippen MR) is 76.7 cm³/mol. The molecule has 0 radical (unpaired) electrons. The molecule has 0 heterocycles. The molecule has 0 spiro atoms. The molecule has 0 fully saturated rings. The predicted octanol–water partition coefficient (Wildman–Crippen LogP) is 3.44. The van der Waals surface area contributed by atoms with E-state index in [0.717, 1.165) is 18.4 Å². The van der Waals surface area contributed by atoms with E-state index < -0.39 is 0 Å². The minimum atomic E-state index is -0.376. The molecule has 1 rings (SSSR count). The molecule has 2 N–H and O–H groups in total. The van der Waals surface area contributed by atoms with E-state index in [9.17, 15) is 4.79 Å². The molecule has 18 heavy (non-hydrogen) atoms. The lowest BCUT2D eigenvalue weighted by molar-refractivity contribution is 0.0951. The van der Waals surface area contributed by atoms with Crippen LogP contribution in [0.3, 0.4) is 0 Å². The number of Topliss-reactive ketones (excluding diaryl/α,β-unsaturated/α-hetero) is 1. The number of carbonyl (C=O) groups is 1. The van der Waals surface area contributed by atoms with Gasteiger partial charge in [0.05, 0.1) is 6.04 Å². The largest absolute Gasteiger partial charge is 0.321 e. The molecule has 0 saturated carbocycles. The van der Waals surface area contributed by atoms with Gasteiger partial charge in [0, 0.05) is 5.56 Å². The highest BCUT2D eigenvalue weighted by Crippen LogP contribution is 2.14. The van der Waals surface area contributed by atoms with Gasteiger partial charge in [-0.05, 0) is 36.3 Å². The quantitative estimate of drug-likeness (QED) is 0.782. The SMILES string of the molecule is CC(C)Cc1cccc(C(=O)C(N)CC(C)C)c1. The minimum absolute atomic E-state index is 0.0642. The molecule has 100 valence electrons. The van der Waals surface area contributed by atoms with Crippen molar-refractivity contribution in [1.82, 2.24) is 0 Å². The average Bonchev–Trinajstić information content (AvgIpc) is 2.26. The van der Waals surface area contributed by atoms with Crippen LogP contribution in [0.1, 0.15) is 50.0 Å². The van der Waals surface area contributed by atoms with Crippen LogP contribution in [0, 0.1) is 11.8 Å². The lowest BCUT2D eigenvalue weighted by Crippen LogP contribution is -2.32. The molecule has 0 saturated heterocycles. The summed E-state index contributed by atoms with van der Waals surface area (Å²) in [5.74, 6) is 1.11. The van der Waals surface area contributed by atoms with Gasteiger partial charge in [-0.15, -0.1) is 0 Å². The number of hydrogen-bond acceptors (Lipinski definition) is 2. The maximum absolute atomic E-state index is 12.2. The summed E-state index contributed by atoms with van der Waals surface area (Å²) in [4.78, 5) is 12.2. The molecule has 1 aromatic carbocycles. The van der Waals surface area contributed by atoms with Gasteiger partial charge in [-0.3, -0.25) is 4.79 Å². The number of ketones is 1. The first-order chi connectivity index (χ1) is 8.40. The van der Waals surface area contributed by atoms with Gasteiger partial charge in [-0.25, -0.2) is 0 Å². The lowest BCUT2D eigenvalue weighted by atomic mass is 9.94. The van der Waals surface area contributed by atoms with Crippen LogP contribution >= 0.6 is 0 Å². The molecule has 1 atom stereocenters. The second-order valence-corrected chi connectivity index (χ2v) is 5.90. The standard InChI is InChI=1S/C16H25NO/c1-11(2)8-13-6-5-7-14(10-13)16(18)15(17)9-12(3)4/h5-7,10-12,15H,8-9,17H2,1-4H3. The van der Waals surface area contributed by atoms with Crippen LogP contribution < -0.4 is 5.73 Å². The van der Waals surface area contributed by atoms with Crippen molar-refractivity contribution in [1.29, 1.82) is 0 Å². The summed E-state index contributed by atoms with van der Waals surface area (Å²) in [6.45, 7) is 8.53. The summed E-state index contributed by atoms with van der Waals surface area (Å²) in [6, 6.07) is 7.51. The summed E-state index contributed by atoms with van der Waals surface area (Å²) in [7, 11) is 0. The molecule has 1 aromatic rings. The van der Waals surface area contributed by atoms with Crippen LogP contribution in [-0.4, -0.2) is 11.8 Å². The zero-order valence-electron chi connectivity index (χ0n) is 11.9. The summed E-state index contributed by atoms with van der Waals surface area (Å²) in [6.07, 6.45) is 1.74. The van der Waals surface area contributed by atoms with Gasteiger partial charge in [-0.2, -0.15) is 0 Å². The number of nitrogens with two attached hydrogens (primary N) is 1. The fraction of sp³-hybridized carbons (Fsp3) is 0.562. The molecular formula is C16H25NO. The second kappa shape index (κ2) is 6.69. The lowest BCUT2D eigenvalue weighted by Gasteiger charge is -2.14. The van der Waals surface area contributed by atoms with Crippen molar-refractivity contribution in [2.75, 3.05) is 0 Å². The monoisotopic (exact) mass is 247 g/mol. The van der Waals surface area contributed by atoms with Gasteiger partial charge in [0.15, 0.2) is 5.78 Å². The third-order valence-electron chi connectivity index (χ3n) is 2.92. The van der Waals surface area contributed by atoms with Crippen LogP contribution in [0.5, 0.6) is 0 Å². The Morgan fingerprint density at radius 2 is 1.83 bits per heavy atom. The fourth-order valence-corrected chi connectivity index (χ4v) is 2.15. The van der Waals surface area contributed by atoms with Crippen molar-refractivity contribution in [2.24, 2.45) is 17.6 Å². The maximum atomic E-state index is 12.2. The topological polar surface area (TPSA) is 43.1 Å². The first-order valence-electron chi connectivity index (χ1n) is 6.79. The van der Waals surface area contributed by atoms with E-state index in [1.165, 1.54) is 5.56 Å². The normalized spacial score (nSPS) is 13.1. The summed E-state index contributed by atoms with van der Waals surface area (Å²) < 4.78 is 0. The van der Waals surface area contributed by atoms with Crippen molar-refractivity contribution in [3.8, 4) is 0 Å². The molecule has 0 aromatic heterocycles. The Morgan fingerprint density at radius 3 is 2.39 bits per heavy atom. The van der Waals surface area contributed by atoms with Crippen LogP contribution in [0.25, 0.3) is 0 Å². The van der Waals surface area contributed by atoms with E-state index in [4.69, 9.17) is 5.73 Å². The van der Waals surface area contributed by atoms with Crippen molar-refractivity contribution in [3.05, 3.63) is 35.4 Å². The molecule has 2 heteroatoms. The highest BCUT2D eigenvalue weighted by Gasteiger charge is 2.17. The maximum Gasteiger partial charge on any atom is 0.179 e. The first-order valence-corrected chi connectivity index (χ1v) is 6.79. The first kappa shape index (κ1) is 14.9. The zero-order chi connectivity index (χ0) is 13.7. The molecule has 0 aliphatic carbocycles. The fourth-order valence-electron chi connectivity index (χ4n) is 2.15. The highest BCUT2D eigenvalue weighted by molar-refractivity contribution is 6.00. The van der Waals surface area contributed by atoms with E-state index >= 15 is 0 Å². The van der Waals surface area contributed by atoms with Crippen LogP contribution in [-0.2, 0) is 6.42 Å². The highest BCUT2D eigenvalue weighted by atomic mass is 16.1. The van der Waals surface area contributed by atoms with Crippen molar-refractivity contribution < 1.29 is 4.79 Å². The second-order valence-electron chi connectivity index (χ2n) is 5.90. The van der Waals surface area contributed by atoms with Gasteiger partial charge in [0.2, 0.25) is 0 Å². The average molecular weight is 247 g/mol. The van der Waals surface area contributed by atoms with E-state index in [1.54, 1.807) is 0 Å².